The summed E-state index contributed by atoms with van der Waals surface area (Å²) in [6, 6.07) is 0. The molecule has 0 aromatic carbocycles. The van der Waals surface area contributed by atoms with E-state index < -0.39 is 15.0 Å². The van der Waals surface area contributed by atoms with Crippen LogP contribution in [0.15, 0.2) is 5.38 Å². The first kappa shape index (κ1) is 16.2. The number of anilines is 1. The molecular formula is C11H13ClN2O5S2. The Kier molecular flexibility index (Phi) is 4.84. The normalized spacial score (nSPS) is 19.0. The standard InChI is InChI=1S/C11H13ClN2O5S2/c1-2-19-10(16)8-5-20-11(13-8)14-4-7(3-9(14)15)6-21(12,17)18/h5,7H,2-4,6H2,1H3. The maximum absolute atomic E-state index is 11.9. The van der Waals surface area contributed by atoms with Gasteiger partial charge in [0.15, 0.2) is 10.8 Å². The lowest BCUT2D eigenvalue weighted by Gasteiger charge is -2.12. The van der Waals surface area contributed by atoms with Gasteiger partial charge < -0.3 is 4.74 Å². The van der Waals surface area contributed by atoms with Gasteiger partial charge in [-0.05, 0) is 6.92 Å². The Hall–Kier alpha value is -1.19. The van der Waals surface area contributed by atoms with Crippen LogP contribution in [0.25, 0.3) is 0 Å². The highest BCUT2D eigenvalue weighted by molar-refractivity contribution is 8.13. The SMILES string of the molecule is CCOC(=O)c1csc(N2CC(CS(=O)(=O)Cl)CC2=O)n1. The highest BCUT2D eigenvalue weighted by Gasteiger charge is 2.34. The number of carbonyl (C=O) groups excluding carboxylic acids is 2. The van der Waals surface area contributed by atoms with Gasteiger partial charge in [0.2, 0.25) is 15.0 Å². The van der Waals surface area contributed by atoms with Crippen LogP contribution in [-0.4, -0.2) is 44.2 Å². The third-order valence-corrected chi connectivity index (χ3v) is 4.96. The van der Waals surface area contributed by atoms with Crippen molar-refractivity contribution < 1.29 is 22.7 Å². The van der Waals surface area contributed by atoms with E-state index in [1.807, 2.05) is 0 Å². The fourth-order valence-corrected chi connectivity index (χ4v) is 4.19. The van der Waals surface area contributed by atoms with Crippen molar-refractivity contribution >= 4 is 48.1 Å². The third-order valence-electron chi connectivity index (χ3n) is 2.85. The summed E-state index contributed by atoms with van der Waals surface area (Å²) >= 11 is 1.14. The molecule has 2 heterocycles. The summed E-state index contributed by atoms with van der Waals surface area (Å²) in [7, 11) is 1.55. The van der Waals surface area contributed by atoms with Crippen molar-refractivity contribution in [3.8, 4) is 0 Å². The molecule has 1 aliphatic rings. The Balaban J connectivity index is 2.09. The molecule has 1 unspecified atom stereocenters. The molecule has 10 heteroatoms. The second-order valence-corrected chi connectivity index (χ2v) is 8.17. The van der Waals surface area contributed by atoms with Crippen molar-refractivity contribution in [2.75, 3.05) is 23.8 Å². The first-order valence-corrected chi connectivity index (χ1v) is 9.51. The lowest BCUT2D eigenvalue weighted by molar-refractivity contribution is -0.117. The van der Waals surface area contributed by atoms with Gasteiger partial charge in [-0.15, -0.1) is 11.3 Å². The molecular weight excluding hydrogens is 340 g/mol. The van der Waals surface area contributed by atoms with Crippen LogP contribution in [0.1, 0.15) is 23.8 Å². The molecule has 0 spiro atoms. The third kappa shape index (κ3) is 4.14. The number of amides is 1. The number of thiazole rings is 1. The topological polar surface area (TPSA) is 93.6 Å². The van der Waals surface area contributed by atoms with Crippen LogP contribution in [0.5, 0.6) is 0 Å². The number of aromatic nitrogens is 1. The first-order valence-electron chi connectivity index (χ1n) is 6.15. The van der Waals surface area contributed by atoms with Gasteiger partial charge in [-0.25, -0.2) is 18.2 Å². The maximum atomic E-state index is 11.9. The largest absolute Gasteiger partial charge is 0.461 e. The van der Waals surface area contributed by atoms with E-state index in [0.717, 1.165) is 11.3 Å². The molecule has 0 N–H and O–H groups in total. The fraction of sp³-hybridized carbons (Fsp3) is 0.545. The second-order valence-electron chi connectivity index (χ2n) is 4.52. The molecule has 1 saturated heterocycles. The molecule has 1 aromatic heterocycles. The lowest BCUT2D eigenvalue weighted by Crippen LogP contribution is -2.25. The maximum Gasteiger partial charge on any atom is 0.357 e. The molecule has 1 fully saturated rings. The van der Waals surface area contributed by atoms with Gasteiger partial charge in [-0.3, -0.25) is 9.69 Å². The van der Waals surface area contributed by atoms with Crippen LogP contribution in [0, 0.1) is 5.92 Å². The molecule has 0 saturated carbocycles. The minimum atomic E-state index is -3.65. The van der Waals surface area contributed by atoms with Crippen LogP contribution < -0.4 is 4.90 Å². The zero-order chi connectivity index (χ0) is 15.6. The van der Waals surface area contributed by atoms with Gasteiger partial charge in [-0.1, -0.05) is 0 Å². The minimum absolute atomic E-state index is 0.0975. The van der Waals surface area contributed by atoms with E-state index in [9.17, 15) is 18.0 Å². The van der Waals surface area contributed by atoms with Gasteiger partial charge >= 0.3 is 5.97 Å². The molecule has 2 rings (SSSR count). The van der Waals surface area contributed by atoms with Crippen LogP contribution in [0.3, 0.4) is 0 Å². The molecule has 21 heavy (non-hydrogen) atoms. The summed E-state index contributed by atoms with van der Waals surface area (Å²) in [6.07, 6.45) is 0.0975. The van der Waals surface area contributed by atoms with E-state index >= 15 is 0 Å². The number of rotatable bonds is 5. The number of hydrogen-bond donors (Lipinski definition) is 0. The van der Waals surface area contributed by atoms with Crippen molar-refractivity contribution in [1.82, 2.24) is 4.98 Å². The minimum Gasteiger partial charge on any atom is -0.461 e. The van der Waals surface area contributed by atoms with Crippen molar-refractivity contribution in [3.05, 3.63) is 11.1 Å². The van der Waals surface area contributed by atoms with Crippen molar-refractivity contribution in [2.45, 2.75) is 13.3 Å². The molecule has 0 aliphatic carbocycles. The molecule has 0 radical (unpaired) electrons. The van der Waals surface area contributed by atoms with Crippen LogP contribution in [0.2, 0.25) is 0 Å². The molecule has 1 atom stereocenters. The highest BCUT2D eigenvalue weighted by atomic mass is 35.7. The summed E-state index contributed by atoms with van der Waals surface area (Å²) in [6.45, 7) is 2.15. The summed E-state index contributed by atoms with van der Waals surface area (Å²) in [5, 5.41) is 1.86. The number of nitrogens with zero attached hydrogens (tertiary/aromatic N) is 2. The van der Waals surface area contributed by atoms with Gasteiger partial charge in [0, 0.05) is 34.9 Å². The van der Waals surface area contributed by atoms with Crippen molar-refractivity contribution in [1.29, 1.82) is 0 Å². The second kappa shape index (κ2) is 6.29. The zero-order valence-corrected chi connectivity index (χ0v) is 13.5. The molecule has 7 nitrogen and oxygen atoms in total. The number of carbonyl (C=O) groups is 2. The van der Waals surface area contributed by atoms with E-state index in [1.54, 1.807) is 6.92 Å². The molecule has 1 aromatic rings. The molecule has 0 bridgehead atoms. The van der Waals surface area contributed by atoms with E-state index in [-0.39, 0.29) is 42.8 Å². The molecule has 116 valence electrons. The predicted octanol–water partition coefficient (Wildman–Crippen LogP) is 1.24. The zero-order valence-electron chi connectivity index (χ0n) is 11.1. The summed E-state index contributed by atoms with van der Waals surface area (Å²) in [5.74, 6) is -1.40. The Labute approximate surface area is 130 Å². The molecule has 1 amide bonds. The van der Waals surface area contributed by atoms with Gasteiger partial charge in [0.05, 0.1) is 12.4 Å². The number of ether oxygens (including phenoxy) is 1. The Morgan fingerprint density at radius 1 is 1.62 bits per heavy atom. The lowest BCUT2D eigenvalue weighted by atomic mass is 10.1. The number of halogens is 1. The van der Waals surface area contributed by atoms with Gasteiger partial charge in [0.25, 0.3) is 0 Å². The van der Waals surface area contributed by atoms with E-state index in [2.05, 4.69) is 4.98 Å². The number of hydrogen-bond acceptors (Lipinski definition) is 7. The van der Waals surface area contributed by atoms with Gasteiger partial charge in [-0.2, -0.15) is 0 Å². The Bertz CT molecular complexity index is 657. The summed E-state index contributed by atoms with van der Waals surface area (Å²) in [5.41, 5.74) is 0.137. The van der Waals surface area contributed by atoms with Crippen LogP contribution in [0.4, 0.5) is 5.13 Å². The van der Waals surface area contributed by atoms with Gasteiger partial charge in [0.1, 0.15) is 0 Å². The average Bonchev–Trinajstić information content (AvgIpc) is 2.94. The monoisotopic (exact) mass is 352 g/mol. The fourth-order valence-electron chi connectivity index (χ4n) is 2.05. The average molecular weight is 353 g/mol. The van der Waals surface area contributed by atoms with Crippen molar-refractivity contribution in [3.63, 3.8) is 0 Å². The van der Waals surface area contributed by atoms with E-state index in [4.69, 9.17) is 15.4 Å². The first-order chi connectivity index (χ1) is 9.80. The quantitative estimate of drug-likeness (QED) is 0.584. The smallest absolute Gasteiger partial charge is 0.357 e. The Morgan fingerprint density at radius 2 is 2.33 bits per heavy atom. The number of esters is 1. The summed E-state index contributed by atoms with van der Waals surface area (Å²) < 4.78 is 27.0. The van der Waals surface area contributed by atoms with Crippen LogP contribution >= 0.6 is 22.0 Å². The predicted molar refractivity (Wildman–Crippen MR) is 78.2 cm³/mol. The Morgan fingerprint density at radius 3 is 2.95 bits per heavy atom. The van der Waals surface area contributed by atoms with Crippen LogP contribution in [-0.2, 0) is 18.6 Å². The van der Waals surface area contributed by atoms with E-state index in [0.29, 0.717) is 5.13 Å². The van der Waals surface area contributed by atoms with Crippen molar-refractivity contribution in [2.24, 2.45) is 5.92 Å². The van der Waals surface area contributed by atoms with E-state index in [1.165, 1.54) is 10.3 Å². The highest BCUT2D eigenvalue weighted by Crippen LogP contribution is 2.29. The summed E-state index contributed by atoms with van der Waals surface area (Å²) in [4.78, 5) is 28.9. The molecule has 1 aliphatic heterocycles.